The van der Waals surface area contributed by atoms with Crippen LogP contribution in [0.5, 0.6) is 17.2 Å². The number of benzene rings is 3. The number of urea groups is 1. The zero-order valence-electron chi connectivity index (χ0n) is 20.2. The van der Waals surface area contributed by atoms with Gasteiger partial charge in [0, 0.05) is 16.9 Å². The lowest BCUT2D eigenvalue weighted by molar-refractivity contribution is -0.120. The maximum absolute atomic E-state index is 12.9. The molecular formula is C26H28N4O6. The van der Waals surface area contributed by atoms with E-state index in [-0.39, 0.29) is 47.4 Å². The normalized spacial score (nSPS) is 11.1. The molecule has 5 N–H and O–H groups in total. The number of hydrogen-bond donors (Lipinski definition) is 4. The topological polar surface area (TPSA) is 141 Å². The summed E-state index contributed by atoms with van der Waals surface area (Å²) in [6, 6.07) is 18.5. The van der Waals surface area contributed by atoms with Gasteiger partial charge in [-0.25, -0.2) is 4.79 Å². The van der Waals surface area contributed by atoms with Crippen LogP contribution in [0.2, 0.25) is 0 Å². The van der Waals surface area contributed by atoms with Crippen LogP contribution in [0, 0.1) is 0 Å². The SMILES string of the molecule is COc1cc(C(=O)NC(C)c2ccc(NC(=O)Nc3ccccc3)cc2)cc(OC)c1OCC(N)=O. The Kier molecular flexibility index (Phi) is 8.71. The number of nitrogens with one attached hydrogen (secondary N) is 3. The first-order chi connectivity index (χ1) is 17.3. The van der Waals surface area contributed by atoms with E-state index in [2.05, 4.69) is 16.0 Å². The van der Waals surface area contributed by atoms with Gasteiger partial charge in [0.25, 0.3) is 11.8 Å². The highest BCUT2D eigenvalue weighted by atomic mass is 16.5. The molecule has 36 heavy (non-hydrogen) atoms. The van der Waals surface area contributed by atoms with Crippen LogP contribution in [0.1, 0.15) is 28.9 Å². The quantitative estimate of drug-likeness (QED) is 0.340. The second kappa shape index (κ2) is 12.1. The Morgan fingerprint density at radius 1 is 0.861 bits per heavy atom. The van der Waals surface area contributed by atoms with Crippen LogP contribution >= 0.6 is 0 Å². The Labute approximate surface area is 208 Å². The van der Waals surface area contributed by atoms with Crippen molar-refractivity contribution in [1.29, 1.82) is 0 Å². The van der Waals surface area contributed by atoms with Gasteiger partial charge in [0.1, 0.15) is 0 Å². The predicted molar refractivity (Wildman–Crippen MR) is 136 cm³/mol. The first kappa shape index (κ1) is 25.9. The van der Waals surface area contributed by atoms with Crippen molar-refractivity contribution in [2.45, 2.75) is 13.0 Å². The molecule has 0 saturated carbocycles. The van der Waals surface area contributed by atoms with Crippen molar-refractivity contribution in [2.75, 3.05) is 31.5 Å². The number of ether oxygens (including phenoxy) is 3. The van der Waals surface area contributed by atoms with Crippen molar-refractivity contribution in [3.63, 3.8) is 0 Å². The highest BCUT2D eigenvalue weighted by Gasteiger charge is 2.20. The third-order valence-corrected chi connectivity index (χ3v) is 5.13. The standard InChI is InChI=1S/C26H28N4O6/c1-16(17-9-11-20(12-10-17)30-26(33)29-19-7-5-4-6-8-19)28-25(32)18-13-21(34-2)24(22(14-18)35-3)36-15-23(27)31/h4-14,16H,15H2,1-3H3,(H2,27,31)(H,28,32)(H2,29,30,33). The third-order valence-electron chi connectivity index (χ3n) is 5.13. The molecule has 0 fully saturated rings. The van der Waals surface area contributed by atoms with Gasteiger partial charge in [0.15, 0.2) is 18.1 Å². The molecule has 0 saturated heterocycles. The fourth-order valence-electron chi connectivity index (χ4n) is 3.33. The molecule has 10 heteroatoms. The van der Waals surface area contributed by atoms with Crippen molar-refractivity contribution < 1.29 is 28.6 Å². The van der Waals surface area contributed by atoms with Gasteiger partial charge in [-0.3, -0.25) is 9.59 Å². The number of carbonyl (C=O) groups is 3. The highest BCUT2D eigenvalue weighted by molar-refractivity contribution is 5.99. The molecule has 0 heterocycles. The van der Waals surface area contributed by atoms with Gasteiger partial charge in [-0.2, -0.15) is 0 Å². The lowest BCUT2D eigenvalue weighted by Crippen LogP contribution is -2.27. The second-order valence-corrected chi connectivity index (χ2v) is 7.73. The highest BCUT2D eigenvalue weighted by Crippen LogP contribution is 2.38. The largest absolute Gasteiger partial charge is 0.493 e. The summed E-state index contributed by atoms with van der Waals surface area (Å²) in [4.78, 5) is 36.2. The zero-order chi connectivity index (χ0) is 26.1. The number of primary amides is 1. The molecule has 188 valence electrons. The molecule has 0 bridgehead atoms. The van der Waals surface area contributed by atoms with Gasteiger partial charge < -0.3 is 35.9 Å². The van der Waals surface area contributed by atoms with Crippen LogP contribution in [-0.2, 0) is 4.79 Å². The first-order valence-corrected chi connectivity index (χ1v) is 11.0. The molecule has 0 aromatic heterocycles. The monoisotopic (exact) mass is 492 g/mol. The van der Waals surface area contributed by atoms with Gasteiger partial charge >= 0.3 is 6.03 Å². The summed E-state index contributed by atoms with van der Waals surface area (Å²) in [6.07, 6.45) is 0. The molecule has 0 radical (unpaired) electrons. The van der Waals surface area contributed by atoms with Crippen molar-refractivity contribution in [3.05, 3.63) is 77.9 Å². The van der Waals surface area contributed by atoms with Gasteiger partial charge in [-0.1, -0.05) is 30.3 Å². The molecule has 10 nitrogen and oxygen atoms in total. The number of nitrogens with two attached hydrogens (primary N) is 1. The van der Waals surface area contributed by atoms with Crippen LogP contribution in [-0.4, -0.2) is 38.7 Å². The van der Waals surface area contributed by atoms with Crippen LogP contribution in [0.15, 0.2) is 66.7 Å². The van der Waals surface area contributed by atoms with Gasteiger partial charge in [-0.15, -0.1) is 0 Å². The Balaban J connectivity index is 1.65. The molecule has 1 unspecified atom stereocenters. The predicted octanol–water partition coefficient (Wildman–Crippen LogP) is 3.70. The molecule has 3 aromatic rings. The minimum Gasteiger partial charge on any atom is -0.493 e. The summed E-state index contributed by atoms with van der Waals surface area (Å²) in [6.45, 7) is 1.47. The number of carbonyl (C=O) groups excluding carboxylic acids is 3. The van der Waals surface area contributed by atoms with Crippen LogP contribution < -0.4 is 35.9 Å². The van der Waals surface area contributed by atoms with Crippen LogP contribution in [0.4, 0.5) is 16.2 Å². The summed E-state index contributed by atoms with van der Waals surface area (Å²) >= 11 is 0. The summed E-state index contributed by atoms with van der Waals surface area (Å²) in [5.74, 6) is -0.421. The van der Waals surface area contributed by atoms with E-state index in [9.17, 15) is 14.4 Å². The molecule has 0 aliphatic heterocycles. The minimum absolute atomic E-state index is 0.169. The van der Waals surface area contributed by atoms with E-state index in [1.165, 1.54) is 26.4 Å². The summed E-state index contributed by atoms with van der Waals surface area (Å²) < 4.78 is 16.0. The van der Waals surface area contributed by atoms with E-state index in [1.807, 2.05) is 37.3 Å². The summed E-state index contributed by atoms with van der Waals surface area (Å²) in [7, 11) is 2.82. The van der Waals surface area contributed by atoms with E-state index < -0.39 is 5.91 Å². The van der Waals surface area contributed by atoms with Crippen molar-refractivity contribution in [3.8, 4) is 17.2 Å². The van der Waals surface area contributed by atoms with Crippen molar-refractivity contribution in [1.82, 2.24) is 5.32 Å². The molecule has 3 aromatic carbocycles. The average molecular weight is 493 g/mol. The van der Waals surface area contributed by atoms with Crippen molar-refractivity contribution in [2.24, 2.45) is 5.73 Å². The van der Waals surface area contributed by atoms with E-state index in [0.29, 0.717) is 11.4 Å². The Morgan fingerprint density at radius 2 is 1.42 bits per heavy atom. The average Bonchev–Trinajstić information content (AvgIpc) is 2.87. The molecule has 1 atom stereocenters. The number of rotatable bonds is 10. The fourth-order valence-corrected chi connectivity index (χ4v) is 3.33. The molecule has 0 aliphatic carbocycles. The fraction of sp³-hybridized carbons (Fsp3) is 0.192. The Bertz CT molecular complexity index is 1190. The lowest BCUT2D eigenvalue weighted by atomic mass is 10.1. The number of hydrogen-bond acceptors (Lipinski definition) is 6. The van der Waals surface area contributed by atoms with Gasteiger partial charge in [0.2, 0.25) is 5.75 Å². The second-order valence-electron chi connectivity index (χ2n) is 7.73. The third kappa shape index (κ3) is 6.89. The van der Waals surface area contributed by atoms with Crippen LogP contribution in [0.3, 0.4) is 0 Å². The van der Waals surface area contributed by atoms with E-state index >= 15 is 0 Å². The van der Waals surface area contributed by atoms with E-state index in [4.69, 9.17) is 19.9 Å². The number of para-hydroxylation sites is 1. The lowest BCUT2D eigenvalue weighted by Gasteiger charge is -2.18. The summed E-state index contributed by atoms with van der Waals surface area (Å²) in [5.41, 5.74) is 7.54. The van der Waals surface area contributed by atoms with Crippen LogP contribution in [0.25, 0.3) is 0 Å². The summed E-state index contributed by atoms with van der Waals surface area (Å²) in [5, 5.41) is 8.43. The van der Waals surface area contributed by atoms with Crippen molar-refractivity contribution >= 4 is 29.2 Å². The Hall–Kier alpha value is -4.73. The van der Waals surface area contributed by atoms with E-state index in [0.717, 1.165) is 5.56 Å². The minimum atomic E-state index is -0.659. The number of amides is 4. The van der Waals surface area contributed by atoms with E-state index in [1.54, 1.807) is 24.3 Å². The molecular weight excluding hydrogens is 464 g/mol. The molecule has 3 rings (SSSR count). The van der Waals surface area contributed by atoms with Gasteiger partial charge in [0.05, 0.1) is 20.3 Å². The number of anilines is 2. The molecule has 0 aliphatic rings. The number of methoxy groups -OCH3 is 2. The Morgan fingerprint density at radius 3 is 1.94 bits per heavy atom. The molecule has 4 amide bonds. The zero-order valence-corrected chi connectivity index (χ0v) is 20.2. The maximum Gasteiger partial charge on any atom is 0.323 e. The maximum atomic E-state index is 12.9. The molecule has 0 spiro atoms. The first-order valence-electron chi connectivity index (χ1n) is 11.0. The van der Waals surface area contributed by atoms with Gasteiger partial charge in [-0.05, 0) is 48.9 Å². The smallest absolute Gasteiger partial charge is 0.323 e.